The van der Waals surface area contributed by atoms with E-state index in [-0.39, 0.29) is 31.0 Å². The van der Waals surface area contributed by atoms with Crippen molar-refractivity contribution in [2.75, 3.05) is 5.32 Å². The Hall–Kier alpha value is -2.88. The fourth-order valence-corrected chi connectivity index (χ4v) is 2.91. The van der Waals surface area contributed by atoms with E-state index in [2.05, 4.69) is 15.5 Å². The van der Waals surface area contributed by atoms with E-state index < -0.39 is 22.8 Å². The molecule has 0 bridgehead atoms. The first kappa shape index (κ1) is 20.8. The van der Waals surface area contributed by atoms with Gasteiger partial charge >= 0.3 is 6.18 Å². The summed E-state index contributed by atoms with van der Waals surface area (Å²) in [7, 11) is 0. The summed E-state index contributed by atoms with van der Waals surface area (Å²) in [4.78, 5) is 12.1. The monoisotopic (exact) mass is 429 g/mol. The third-order valence-electron chi connectivity index (χ3n) is 4.16. The van der Waals surface area contributed by atoms with Gasteiger partial charge in [0.05, 0.1) is 35.7 Å². The lowest BCUT2D eigenvalue weighted by atomic mass is 10.2. The number of alkyl halides is 3. The van der Waals surface area contributed by atoms with E-state index >= 15 is 0 Å². The van der Waals surface area contributed by atoms with Crippen LogP contribution in [0.5, 0.6) is 0 Å². The highest BCUT2D eigenvalue weighted by molar-refractivity contribution is 6.31. The molecular formula is C18H16ClF4N5O. The lowest BCUT2D eigenvalue weighted by Crippen LogP contribution is -2.16. The van der Waals surface area contributed by atoms with Gasteiger partial charge in [0, 0.05) is 18.2 Å². The van der Waals surface area contributed by atoms with Gasteiger partial charge in [-0.05, 0) is 13.0 Å². The zero-order valence-electron chi connectivity index (χ0n) is 15.2. The molecule has 11 heteroatoms. The van der Waals surface area contributed by atoms with Crippen LogP contribution >= 0.6 is 11.6 Å². The van der Waals surface area contributed by atoms with Crippen molar-refractivity contribution in [3.8, 4) is 0 Å². The van der Waals surface area contributed by atoms with Crippen molar-refractivity contribution in [3.05, 3.63) is 64.5 Å². The van der Waals surface area contributed by atoms with E-state index in [0.717, 1.165) is 4.68 Å². The maximum absolute atomic E-state index is 13.7. The molecule has 2 aromatic heterocycles. The molecule has 0 unspecified atom stereocenters. The molecule has 2 heterocycles. The summed E-state index contributed by atoms with van der Waals surface area (Å²) in [5.74, 6) is -0.796. The number of anilines is 1. The fraction of sp³-hybridized carbons (Fsp3) is 0.278. The maximum atomic E-state index is 13.7. The first-order valence-electron chi connectivity index (χ1n) is 8.51. The molecule has 3 rings (SSSR count). The number of halogens is 5. The van der Waals surface area contributed by atoms with Crippen LogP contribution in [0.1, 0.15) is 23.4 Å². The van der Waals surface area contributed by atoms with Crippen LogP contribution in [-0.2, 0) is 24.1 Å². The molecule has 0 radical (unpaired) electrons. The number of hydrogen-bond donors (Lipinski definition) is 1. The molecule has 3 aromatic rings. The molecule has 1 N–H and O–H groups in total. The molecule has 0 atom stereocenters. The van der Waals surface area contributed by atoms with Crippen molar-refractivity contribution < 1.29 is 22.4 Å². The standard InChI is InChI=1S/C18H16ClF4N5O/c1-11-16(19)17(18(21,22)23)26-28(11)7-6-15(29)25-13-8-24-27(10-13)9-12-4-2-3-5-14(12)20/h2-5,8,10H,6-7,9H2,1H3,(H,25,29). The van der Waals surface area contributed by atoms with Gasteiger partial charge in [0.15, 0.2) is 5.69 Å². The fourth-order valence-electron chi connectivity index (χ4n) is 2.67. The number of carbonyl (C=O) groups is 1. The van der Waals surface area contributed by atoms with Crippen LogP contribution < -0.4 is 5.32 Å². The van der Waals surface area contributed by atoms with Crippen molar-refractivity contribution >= 4 is 23.2 Å². The predicted molar refractivity (Wildman–Crippen MR) is 98.0 cm³/mol. The van der Waals surface area contributed by atoms with E-state index in [4.69, 9.17) is 11.6 Å². The van der Waals surface area contributed by atoms with E-state index in [1.54, 1.807) is 18.2 Å². The van der Waals surface area contributed by atoms with Gasteiger partial charge in [0.2, 0.25) is 5.91 Å². The van der Waals surface area contributed by atoms with Gasteiger partial charge in [0.25, 0.3) is 0 Å². The normalized spacial score (nSPS) is 11.7. The highest BCUT2D eigenvalue weighted by Gasteiger charge is 2.38. The van der Waals surface area contributed by atoms with Crippen molar-refractivity contribution in [2.24, 2.45) is 0 Å². The Kier molecular flexibility index (Phi) is 5.92. The smallest absolute Gasteiger partial charge is 0.323 e. The number of carbonyl (C=O) groups excluding carboxylic acids is 1. The van der Waals surface area contributed by atoms with E-state index in [1.165, 1.54) is 30.1 Å². The van der Waals surface area contributed by atoms with Gasteiger partial charge in [0.1, 0.15) is 5.82 Å². The molecule has 0 aliphatic carbocycles. The number of aryl methyl sites for hydroxylation is 1. The molecule has 6 nitrogen and oxygen atoms in total. The lowest BCUT2D eigenvalue weighted by molar-refractivity contribution is -0.141. The number of nitrogens with one attached hydrogen (secondary N) is 1. The summed E-state index contributed by atoms with van der Waals surface area (Å²) < 4.78 is 54.7. The van der Waals surface area contributed by atoms with Crippen LogP contribution in [0.3, 0.4) is 0 Å². The van der Waals surface area contributed by atoms with Gasteiger partial charge in [-0.2, -0.15) is 23.4 Å². The number of amides is 1. The highest BCUT2D eigenvalue weighted by atomic mass is 35.5. The Labute approximate surface area is 168 Å². The molecule has 29 heavy (non-hydrogen) atoms. The van der Waals surface area contributed by atoms with E-state index in [0.29, 0.717) is 11.3 Å². The van der Waals surface area contributed by atoms with Crippen molar-refractivity contribution in [1.82, 2.24) is 19.6 Å². The molecule has 0 spiro atoms. The largest absolute Gasteiger partial charge is 0.436 e. The van der Waals surface area contributed by atoms with Crippen LogP contribution in [0.2, 0.25) is 5.02 Å². The van der Waals surface area contributed by atoms with Gasteiger partial charge in [-0.1, -0.05) is 29.8 Å². The van der Waals surface area contributed by atoms with Crippen molar-refractivity contribution in [3.63, 3.8) is 0 Å². The van der Waals surface area contributed by atoms with Gasteiger partial charge in [-0.25, -0.2) is 4.39 Å². The summed E-state index contributed by atoms with van der Waals surface area (Å²) in [5, 5.41) is 9.61. The topological polar surface area (TPSA) is 64.7 Å². The third-order valence-corrected chi connectivity index (χ3v) is 4.61. The highest BCUT2D eigenvalue weighted by Crippen LogP contribution is 2.35. The average molecular weight is 430 g/mol. The summed E-state index contributed by atoms with van der Waals surface area (Å²) in [6, 6.07) is 6.26. The van der Waals surface area contributed by atoms with Gasteiger partial charge < -0.3 is 5.32 Å². The van der Waals surface area contributed by atoms with Crippen LogP contribution in [0, 0.1) is 12.7 Å². The Morgan fingerprint density at radius 1 is 1.28 bits per heavy atom. The van der Waals surface area contributed by atoms with Crippen LogP contribution in [0.25, 0.3) is 0 Å². The molecule has 0 saturated heterocycles. The molecular weight excluding hydrogens is 414 g/mol. The summed E-state index contributed by atoms with van der Waals surface area (Å²) in [6.07, 6.45) is -1.85. The average Bonchev–Trinajstić information content (AvgIpc) is 3.20. The Morgan fingerprint density at radius 2 is 2.00 bits per heavy atom. The molecule has 0 fully saturated rings. The molecule has 0 aliphatic rings. The van der Waals surface area contributed by atoms with Gasteiger partial charge in [-0.15, -0.1) is 0 Å². The lowest BCUT2D eigenvalue weighted by Gasteiger charge is -2.05. The molecule has 1 amide bonds. The van der Waals surface area contributed by atoms with Gasteiger partial charge in [-0.3, -0.25) is 14.2 Å². The maximum Gasteiger partial charge on any atom is 0.436 e. The summed E-state index contributed by atoms with van der Waals surface area (Å²) in [6.45, 7) is 1.51. The molecule has 0 aliphatic heterocycles. The minimum atomic E-state index is -4.66. The van der Waals surface area contributed by atoms with E-state index in [9.17, 15) is 22.4 Å². The number of aromatic nitrogens is 4. The second-order valence-electron chi connectivity index (χ2n) is 6.29. The zero-order chi connectivity index (χ0) is 21.2. The Morgan fingerprint density at radius 3 is 2.66 bits per heavy atom. The molecule has 154 valence electrons. The summed E-state index contributed by atoms with van der Waals surface area (Å²) >= 11 is 5.68. The van der Waals surface area contributed by atoms with E-state index in [1.807, 2.05) is 0 Å². The van der Waals surface area contributed by atoms with Crippen molar-refractivity contribution in [2.45, 2.75) is 32.6 Å². The number of benzene rings is 1. The van der Waals surface area contributed by atoms with Crippen LogP contribution in [-0.4, -0.2) is 25.5 Å². The SMILES string of the molecule is Cc1c(Cl)c(C(F)(F)F)nn1CCC(=O)Nc1cnn(Cc2ccccc2F)c1. The molecule has 1 aromatic carbocycles. The molecule has 0 saturated carbocycles. The minimum absolute atomic E-state index is 0.0726. The number of nitrogens with zero attached hydrogens (tertiary/aromatic N) is 4. The minimum Gasteiger partial charge on any atom is -0.323 e. The predicted octanol–water partition coefficient (Wildman–Crippen LogP) is 4.28. The quantitative estimate of drug-likeness (QED) is 0.595. The Bertz CT molecular complexity index is 1030. The number of rotatable bonds is 6. The first-order chi connectivity index (χ1) is 13.6. The second-order valence-corrected chi connectivity index (χ2v) is 6.66. The first-order valence-corrected chi connectivity index (χ1v) is 8.88. The second kappa shape index (κ2) is 8.24. The zero-order valence-corrected chi connectivity index (χ0v) is 15.9. The Balaban J connectivity index is 1.58. The van der Waals surface area contributed by atoms with Crippen LogP contribution in [0.15, 0.2) is 36.7 Å². The van der Waals surface area contributed by atoms with Crippen LogP contribution in [0.4, 0.5) is 23.2 Å². The third kappa shape index (κ3) is 4.94. The van der Waals surface area contributed by atoms with Crippen molar-refractivity contribution in [1.29, 1.82) is 0 Å². The summed E-state index contributed by atoms with van der Waals surface area (Å²) in [5.41, 5.74) is -0.214. The number of hydrogen-bond acceptors (Lipinski definition) is 3.